The van der Waals surface area contributed by atoms with E-state index in [0.29, 0.717) is 5.82 Å². The Morgan fingerprint density at radius 3 is 2.56 bits per heavy atom. The molecule has 0 bridgehead atoms. The van der Waals surface area contributed by atoms with Crippen LogP contribution in [0.1, 0.15) is 43.3 Å². The number of aryl methyl sites for hydroxylation is 1. The summed E-state index contributed by atoms with van der Waals surface area (Å²) in [6, 6.07) is 0. The van der Waals surface area contributed by atoms with Crippen LogP contribution in [0, 0.1) is 13.8 Å². The second-order valence-electron chi connectivity index (χ2n) is 4.68. The van der Waals surface area contributed by atoms with Crippen molar-refractivity contribution in [3.63, 3.8) is 0 Å². The molecule has 0 aliphatic carbocycles. The number of rotatable bonds is 1. The molecule has 1 fully saturated rings. The predicted molar refractivity (Wildman–Crippen MR) is 63.1 cm³/mol. The molecule has 1 saturated heterocycles. The summed E-state index contributed by atoms with van der Waals surface area (Å²) in [5.74, 6) is 1.30. The van der Waals surface area contributed by atoms with Crippen LogP contribution < -0.4 is 5.73 Å². The first-order chi connectivity index (χ1) is 7.53. The van der Waals surface area contributed by atoms with Crippen molar-refractivity contribution in [1.29, 1.82) is 0 Å². The van der Waals surface area contributed by atoms with Gasteiger partial charge in [0, 0.05) is 17.9 Å². The van der Waals surface area contributed by atoms with Gasteiger partial charge in [-0.05, 0) is 40.0 Å². The molecular weight excluding hydrogens is 202 g/mol. The third-order valence-electron chi connectivity index (χ3n) is 3.37. The minimum absolute atomic E-state index is 0.356. The van der Waals surface area contributed by atoms with Crippen LogP contribution in [-0.2, 0) is 10.3 Å². The lowest BCUT2D eigenvalue weighted by molar-refractivity contribution is -0.0760. The predicted octanol–water partition coefficient (Wildman–Crippen LogP) is 2.09. The average Bonchev–Trinajstić information content (AvgIpc) is 2.26. The molecule has 88 valence electrons. The van der Waals surface area contributed by atoms with E-state index in [4.69, 9.17) is 10.5 Å². The highest BCUT2D eigenvalue weighted by Gasteiger charge is 2.33. The number of nitrogens with two attached hydrogens (primary N) is 1. The second-order valence-corrected chi connectivity index (χ2v) is 4.68. The van der Waals surface area contributed by atoms with Crippen molar-refractivity contribution < 1.29 is 4.74 Å². The molecule has 0 amide bonds. The molecule has 1 aromatic heterocycles. The van der Waals surface area contributed by atoms with Crippen molar-refractivity contribution in [3.8, 4) is 0 Å². The van der Waals surface area contributed by atoms with Crippen LogP contribution in [0.25, 0.3) is 0 Å². The molecule has 1 unspecified atom stereocenters. The van der Waals surface area contributed by atoms with Crippen LogP contribution >= 0.6 is 0 Å². The first kappa shape index (κ1) is 11.3. The van der Waals surface area contributed by atoms with Crippen molar-refractivity contribution >= 4 is 5.82 Å². The number of hydrogen-bond acceptors (Lipinski definition) is 4. The molecule has 0 saturated carbocycles. The molecule has 1 aromatic rings. The Hall–Kier alpha value is -1.16. The molecule has 1 aliphatic heterocycles. The van der Waals surface area contributed by atoms with Gasteiger partial charge in [0.25, 0.3) is 0 Å². The van der Waals surface area contributed by atoms with Gasteiger partial charge in [0.05, 0.1) is 0 Å². The van der Waals surface area contributed by atoms with Crippen LogP contribution in [0.3, 0.4) is 0 Å². The molecule has 2 N–H and O–H groups in total. The number of ether oxygens (including phenoxy) is 1. The minimum Gasteiger partial charge on any atom is -0.383 e. The van der Waals surface area contributed by atoms with E-state index in [2.05, 4.69) is 16.9 Å². The summed E-state index contributed by atoms with van der Waals surface area (Å²) in [6.45, 7) is 6.74. The summed E-state index contributed by atoms with van der Waals surface area (Å²) in [6.07, 6.45) is 3.25. The second kappa shape index (κ2) is 4.01. The fraction of sp³-hybridized carbons (Fsp3) is 0.667. The first-order valence-electron chi connectivity index (χ1n) is 5.78. The van der Waals surface area contributed by atoms with E-state index in [1.165, 1.54) is 0 Å². The zero-order valence-corrected chi connectivity index (χ0v) is 10.2. The number of nitrogen functional groups attached to an aromatic ring is 1. The van der Waals surface area contributed by atoms with Gasteiger partial charge >= 0.3 is 0 Å². The Kier molecular flexibility index (Phi) is 2.84. The molecule has 4 heteroatoms. The first-order valence-corrected chi connectivity index (χ1v) is 5.78. The fourth-order valence-electron chi connectivity index (χ4n) is 2.00. The standard InChI is InChI=1S/C12H19N3O/c1-8-9(2)14-11(15-10(8)13)12(3)6-4-5-7-16-12/h4-7H2,1-3H3,(H2,13,14,15). The molecule has 0 aromatic carbocycles. The Bertz CT molecular complexity index is 374. The number of nitrogens with zero attached hydrogens (tertiary/aromatic N) is 2. The van der Waals surface area contributed by atoms with Crippen LogP contribution in [-0.4, -0.2) is 16.6 Å². The lowest BCUT2D eigenvalue weighted by Crippen LogP contribution is -2.33. The van der Waals surface area contributed by atoms with E-state index in [1.807, 2.05) is 13.8 Å². The van der Waals surface area contributed by atoms with Crippen LogP contribution in [0.5, 0.6) is 0 Å². The molecule has 16 heavy (non-hydrogen) atoms. The highest BCUT2D eigenvalue weighted by Crippen LogP contribution is 2.33. The topological polar surface area (TPSA) is 61.0 Å². The molecule has 4 nitrogen and oxygen atoms in total. The molecule has 1 aliphatic rings. The highest BCUT2D eigenvalue weighted by atomic mass is 16.5. The molecular formula is C12H19N3O. The van der Waals surface area contributed by atoms with E-state index < -0.39 is 0 Å². The Morgan fingerprint density at radius 2 is 2.00 bits per heavy atom. The maximum Gasteiger partial charge on any atom is 0.162 e. The number of anilines is 1. The molecule has 2 rings (SSSR count). The van der Waals surface area contributed by atoms with Crippen LogP contribution in [0.2, 0.25) is 0 Å². The lowest BCUT2D eigenvalue weighted by Gasteiger charge is -2.32. The van der Waals surface area contributed by atoms with E-state index in [0.717, 1.165) is 43.0 Å². The van der Waals surface area contributed by atoms with Crippen LogP contribution in [0.4, 0.5) is 5.82 Å². The lowest BCUT2D eigenvalue weighted by atomic mass is 9.95. The van der Waals surface area contributed by atoms with Gasteiger partial charge in [-0.1, -0.05) is 0 Å². The van der Waals surface area contributed by atoms with Gasteiger partial charge < -0.3 is 10.5 Å². The highest BCUT2D eigenvalue weighted by molar-refractivity contribution is 5.41. The van der Waals surface area contributed by atoms with E-state index in [9.17, 15) is 0 Å². The quantitative estimate of drug-likeness (QED) is 0.788. The zero-order valence-electron chi connectivity index (χ0n) is 10.2. The van der Waals surface area contributed by atoms with Gasteiger partial charge in [-0.15, -0.1) is 0 Å². The fourth-order valence-corrected chi connectivity index (χ4v) is 2.00. The van der Waals surface area contributed by atoms with Crippen LogP contribution in [0.15, 0.2) is 0 Å². The number of hydrogen-bond donors (Lipinski definition) is 1. The minimum atomic E-state index is -0.356. The van der Waals surface area contributed by atoms with E-state index in [1.54, 1.807) is 0 Å². The van der Waals surface area contributed by atoms with Crippen molar-refractivity contribution in [2.75, 3.05) is 12.3 Å². The maximum absolute atomic E-state index is 5.88. The van der Waals surface area contributed by atoms with Crippen molar-refractivity contribution in [2.24, 2.45) is 0 Å². The maximum atomic E-state index is 5.88. The van der Waals surface area contributed by atoms with Crippen molar-refractivity contribution in [1.82, 2.24) is 9.97 Å². The normalized spacial score (nSPS) is 25.7. The largest absolute Gasteiger partial charge is 0.383 e. The van der Waals surface area contributed by atoms with Crippen molar-refractivity contribution in [3.05, 3.63) is 17.1 Å². The number of aromatic nitrogens is 2. The smallest absolute Gasteiger partial charge is 0.162 e. The van der Waals surface area contributed by atoms with E-state index in [-0.39, 0.29) is 5.60 Å². The summed E-state index contributed by atoms with van der Waals surface area (Å²) in [5, 5.41) is 0. The van der Waals surface area contributed by atoms with Gasteiger partial charge in [0.1, 0.15) is 11.4 Å². The summed E-state index contributed by atoms with van der Waals surface area (Å²) >= 11 is 0. The third kappa shape index (κ3) is 1.89. The average molecular weight is 221 g/mol. The van der Waals surface area contributed by atoms with Gasteiger partial charge in [0.2, 0.25) is 0 Å². The zero-order chi connectivity index (χ0) is 11.8. The molecule has 1 atom stereocenters. The Labute approximate surface area is 96.2 Å². The summed E-state index contributed by atoms with van der Waals surface area (Å²) < 4.78 is 5.82. The monoisotopic (exact) mass is 221 g/mol. The van der Waals surface area contributed by atoms with E-state index >= 15 is 0 Å². The Morgan fingerprint density at radius 1 is 1.25 bits per heavy atom. The molecule has 0 spiro atoms. The summed E-state index contributed by atoms with van der Waals surface area (Å²) in [7, 11) is 0. The van der Waals surface area contributed by atoms with Gasteiger partial charge in [-0.25, -0.2) is 9.97 Å². The summed E-state index contributed by atoms with van der Waals surface area (Å²) in [5.41, 5.74) is 7.43. The summed E-state index contributed by atoms with van der Waals surface area (Å²) in [4.78, 5) is 8.88. The van der Waals surface area contributed by atoms with Gasteiger partial charge in [-0.3, -0.25) is 0 Å². The van der Waals surface area contributed by atoms with Crippen molar-refractivity contribution in [2.45, 2.75) is 45.6 Å². The molecule has 0 radical (unpaired) electrons. The Balaban J connectivity index is 2.39. The SMILES string of the molecule is Cc1nc(C2(C)CCCCO2)nc(N)c1C. The van der Waals surface area contributed by atoms with Gasteiger partial charge in [-0.2, -0.15) is 0 Å². The third-order valence-corrected chi connectivity index (χ3v) is 3.37. The molecule has 2 heterocycles. The van der Waals surface area contributed by atoms with Gasteiger partial charge in [0.15, 0.2) is 5.82 Å².